The van der Waals surface area contributed by atoms with Crippen molar-refractivity contribution in [2.24, 2.45) is 0 Å². The molecule has 0 aliphatic carbocycles. The molecule has 0 saturated carbocycles. The van der Waals surface area contributed by atoms with E-state index < -0.39 is 12.0 Å². The third-order valence-electron chi connectivity index (χ3n) is 3.62. The van der Waals surface area contributed by atoms with Gasteiger partial charge >= 0.3 is 5.97 Å². The van der Waals surface area contributed by atoms with Crippen molar-refractivity contribution in [2.45, 2.75) is 12.6 Å². The maximum absolute atomic E-state index is 11.7. The lowest BCUT2D eigenvalue weighted by Crippen LogP contribution is -2.21. The van der Waals surface area contributed by atoms with E-state index in [1.54, 1.807) is 47.4 Å². The van der Waals surface area contributed by atoms with Crippen molar-refractivity contribution < 1.29 is 15.0 Å². The fourth-order valence-electron chi connectivity index (χ4n) is 2.38. The molecule has 0 saturated heterocycles. The Bertz CT molecular complexity index is 918. The number of halogens is 1. The van der Waals surface area contributed by atoms with Crippen LogP contribution in [0.3, 0.4) is 0 Å². The average Bonchev–Trinajstić information content (AvgIpc) is 3.10. The molecule has 140 valence electrons. The lowest BCUT2D eigenvalue weighted by atomic mass is 10.1. The monoisotopic (exact) mass is 388 g/mol. The predicted octanol–water partition coefficient (Wildman–Crippen LogP) is 2.30. The number of nitrogens with one attached hydrogen (secondary N) is 2. The van der Waals surface area contributed by atoms with Crippen LogP contribution in [0.15, 0.2) is 48.9 Å². The van der Waals surface area contributed by atoms with Crippen LogP contribution in [-0.2, 0) is 11.3 Å². The molecule has 10 heteroatoms. The minimum absolute atomic E-state index is 0.0251. The number of hydrogen-bond acceptors (Lipinski definition) is 7. The molecular weight excluding hydrogens is 372 g/mol. The van der Waals surface area contributed by atoms with Crippen LogP contribution >= 0.6 is 11.6 Å². The molecule has 1 atom stereocenters. The number of benzene rings is 1. The van der Waals surface area contributed by atoms with Gasteiger partial charge in [-0.3, -0.25) is 4.68 Å². The first-order valence-corrected chi connectivity index (χ1v) is 8.42. The van der Waals surface area contributed by atoms with Crippen molar-refractivity contribution in [3.63, 3.8) is 0 Å². The van der Waals surface area contributed by atoms with Crippen molar-refractivity contribution >= 4 is 35.0 Å². The van der Waals surface area contributed by atoms with E-state index in [-0.39, 0.29) is 23.4 Å². The van der Waals surface area contributed by atoms with Crippen LogP contribution in [0.25, 0.3) is 0 Å². The van der Waals surface area contributed by atoms with Crippen molar-refractivity contribution in [1.82, 2.24) is 19.7 Å². The highest BCUT2D eigenvalue weighted by Gasteiger charge is 2.21. The summed E-state index contributed by atoms with van der Waals surface area (Å²) in [5.74, 6) is -0.647. The first kappa shape index (κ1) is 18.6. The molecule has 4 N–H and O–H groups in total. The average molecular weight is 389 g/mol. The molecule has 0 aliphatic rings. The van der Waals surface area contributed by atoms with Gasteiger partial charge in [-0.2, -0.15) is 10.1 Å². The number of nitrogens with zero attached hydrogens (tertiary/aromatic N) is 4. The van der Waals surface area contributed by atoms with Gasteiger partial charge < -0.3 is 20.8 Å². The standard InChI is InChI=1S/C17H17ClN6O3/c18-13-9-19-17(21-12-8-20-24(10-12)6-7-25)23-15(13)22-14(16(26)27)11-4-2-1-3-5-11/h1-5,8-10,14,25H,6-7H2,(H,26,27)(H2,19,21,22,23). The van der Waals surface area contributed by atoms with E-state index in [1.165, 1.54) is 6.20 Å². The van der Waals surface area contributed by atoms with Crippen LogP contribution in [0.2, 0.25) is 5.02 Å². The van der Waals surface area contributed by atoms with Crippen molar-refractivity contribution in [1.29, 1.82) is 0 Å². The summed E-state index contributed by atoms with van der Waals surface area (Å²) >= 11 is 6.13. The van der Waals surface area contributed by atoms with E-state index >= 15 is 0 Å². The van der Waals surface area contributed by atoms with Crippen molar-refractivity contribution in [2.75, 3.05) is 17.2 Å². The molecule has 0 amide bonds. The van der Waals surface area contributed by atoms with E-state index in [1.807, 2.05) is 0 Å². The quantitative estimate of drug-likeness (QED) is 0.463. The molecule has 0 bridgehead atoms. The number of aliphatic hydroxyl groups is 1. The number of aliphatic hydroxyl groups excluding tert-OH is 1. The number of carbonyl (C=O) groups is 1. The molecule has 0 spiro atoms. The molecule has 9 nitrogen and oxygen atoms in total. The molecule has 1 aromatic carbocycles. The minimum atomic E-state index is -1.06. The van der Waals surface area contributed by atoms with E-state index in [9.17, 15) is 9.90 Å². The zero-order chi connectivity index (χ0) is 19.2. The Hall–Kier alpha value is -3.17. The first-order chi connectivity index (χ1) is 13.1. The summed E-state index contributed by atoms with van der Waals surface area (Å²) in [4.78, 5) is 20.0. The summed E-state index contributed by atoms with van der Waals surface area (Å²) in [7, 11) is 0. The Morgan fingerprint density at radius 1 is 1.26 bits per heavy atom. The molecule has 2 heterocycles. The number of hydrogen-bond donors (Lipinski definition) is 4. The summed E-state index contributed by atoms with van der Waals surface area (Å²) in [6, 6.07) is 7.71. The van der Waals surface area contributed by atoms with Crippen molar-refractivity contribution in [3.05, 3.63) is 59.5 Å². The molecule has 0 aliphatic heterocycles. The van der Waals surface area contributed by atoms with Gasteiger partial charge in [0.05, 0.1) is 31.2 Å². The second-order valence-electron chi connectivity index (χ2n) is 5.56. The second-order valence-corrected chi connectivity index (χ2v) is 5.96. The van der Waals surface area contributed by atoms with Crippen LogP contribution in [0.1, 0.15) is 11.6 Å². The van der Waals surface area contributed by atoms with Gasteiger partial charge in [0.1, 0.15) is 5.02 Å². The molecule has 1 unspecified atom stereocenters. The molecular formula is C17H17ClN6O3. The number of anilines is 3. The Kier molecular flexibility index (Phi) is 5.84. The van der Waals surface area contributed by atoms with Gasteiger partial charge in [0.25, 0.3) is 0 Å². The van der Waals surface area contributed by atoms with Crippen LogP contribution in [-0.4, -0.2) is 42.5 Å². The highest BCUT2D eigenvalue weighted by atomic mass is 35.5. The Morgan fingerprint density at radius 3 is 2.74 bits per heavy atom. The second kappa shape index (κ2) is 8.47. The maximum atomic E-state index is 11.7. The Labute approximate surface area is 159 Å². The molecule has 0 radical (unpaired) electrons. The number of carboxylic acids is 1. The normalized spacial score (nSPS) is 11.8. The lowest BCUT2D eigenvalue weighted by molar-refractivity contribution is -0.138. The maximum Gasteiger partial charge on any atom is 0.330 e. The summed E-state index contributed by atoms with van der Waals surface area (Å²) < 4.78 is 1.56. The number of rotatable bonds is 8. The summed E-state index contributed by atoms with van der Waals surface area (Å²) in [6.45, 7) is 0.343. The fraction of sp³-hybridized carbons (Fsp3) is 0.176. The topological polar surface area (TPSA) is 125 Å². The summed E-state index contributed by atoms with van der Waals surface area (Å²) in [5.41, 5.74) is 1.19. The number of carboxylic acid groups (broad SMARTS) is 1. The van der Waals surface area contributed by atoms with E-state index in [4.69, 9.17) is 16.7 Å². The summed E-state index contributed by atoms with van der Waals surface area (Å²) in [6.07, 6.45) is 4.62. The van der Waals surface area contributed by atoms with Crippen LogP contribution in [0.5, 0.6) is 0 Å². The molecule has 2 aromatic heterocycles. The van der Waals surface area contributed by atoms with Gasteiger partial charge in [-0.25, -0.2) is 9.78 Å². The van der Waals surface area contributed by atoms with Gasteiger partial charge in [-0.1, -0.05) is 41.9 Å². The molecule has 3 rings (SSSR count). The van der Waals surface area contributed by atoms with Gasteiger partial charge in [0, 0.05) is 6.20 Å². The fourth-order valence-corrected chi connectivity index (χ4v) is 2.53. The Morgan fingerprint density at radius 2 is 2.04 bits per heavy atom. The van der Waals surface area contributed by atoms with Gasteiger partial charge in [-0.05, 0) is 5.56 Å². The lowest BCUT2D eigenvalue weighted by Gasteiger charge is -2.16. The third kappa shape index (κ3) is 4.72. The third-order valence-corrected chi connectivity index (χ3v) is 3.90. The largest absolute Gasteiger partial charge is 0.479 e. The van der Waals surface area contributed by atoms with Crippen LogP contribution in [0, 0.1) is 0 Å². The number of aliphatic carboxylic acids is 1. The van der Waals surface area contributed by atoms with E-state index in [0.29, 0.717) is 17.8 Å². The zero-order valence-corrected chi connectivity index (χ0v) is 14.8. The van der Waals surface area contributed by atoms with E-state index in [0.717, 1.165) is 0 Å². The van der Waals surface area contributed by atoms with Gasteiger partial charge in [-0.15, -0.1) is 0 Å². The minimum Gasteiger partial charge on any atom is -0.479 e. The SMILES string of the molecule is O=C(O)C(Nc1nc(Nc2cnn(CCO)c2)ncc1Cl)c1ccccc1. The van der Waals surface area contributed by atoms with Gasteiger partial charge in [0.2, 0.25) is 5.95 Å². The molecule has 3 aromatic rings. The van der Waals surface area contributed by atoms with Crippen LogP contribution in [0.4, 0.5) is 17.5 Å². The first-order valence-electron chi connectivity index (χ1n) is 8.04. The predicted molar refractivity (Wildman–Crippen MR) is 100 cm³/mol. The summed E-state index contributed by atoms with van der Waals surface area (Å²) in [5, 5.41) is 28.5. The van der Waals surface area contributed by atoms with Crippen molar-refractivity contribution in [3.8, 4) is 0 Å². The van der Waals surface area contributed by atoms with Crippen LogP contribution < -0.4 is 10.6 Å². The number of aromatic nitrogens is 4. The van der Waals surface area contributed by atoms with Gasteiger partial charge in [0.15, 0.2) is 11.9 Å². The van der Waals surface area contributed by atoms with E-state index in [2.05, 4.69) is 25.7 Å². The molecule has 27 heavy (non-hydrogen) atoms. The smallest absolute Gasteiger partial charge is 0.330 e. The zero-order valence-electron chi connectivity index (χ0n) is 14.1. The highest BCUT2D eigenvalue weighted by molar-refractivity contribution is 6.32. The highest BCUT2D eigenvalue weighted by Crippen LogP contribution is 2.26. The Balaban J connectivity index is 1.80. The molecule has 0 fully saturated rings.